The normalized spacial score (nSPS) is 11.1. The smallest absolute Gasteiger partial charge is 0.228 e. The van der Waals surface area contributed by atoms with Crippen LogP contribution in [0, 0.1) is 0 Å². The molecule has 0 radical (unpaired) electrons. The third-order valence-electron chi connectivity index (χ3n) is 5.21. The van der Waals surface area contributed by atoms with Crippen molar-refractivity contribution in [1.82, 2.24) is 14.3 Å². The lowest BCUT2D eigenvalue weighted by Crippen LogP contribution is -2.34. The van der Waals surface area contributed by atoms with Crippen LogP contribution < -0.4 is 0 Å². The van der Waals surface area contributed by atoms with Crippen LogP contribution in [0.1, 0.15) is 23.7 Å². The van der Waals surface area contributed by atoms with Crippen LogP contribution in [0.2, 0.25) is 0 Å². The molecule has 2 aromatic heterocycles. The first kappa shape index (κ1) is 20.3. The fraction of sp³-hybridized carbons (Fsp3) is 0.250. The van der Waals surface area contributed by atoms with Crippen molar-refractivity contribution in [3.8, 4) is 11.3 Å². The van der Waals surface area contributed by atoms with Crippen LogP contribution >= 0.6 is 11.3 Å². The number of amides is 1. The molecule has 2 aromatic carbocycles. The Morgan fingerprint density at radius 3 is 2.57 bits per heavy atom. The standard InChI is InChI=1S/C24H25N3O2S/c1-2-18-8-10-20(11-9-18)22-16-27-21(17-30-24(27)25-22)14-23(29)26(12-13-28)15-19-6-4-3-5-7-19/h3-11,16-17,28H,2,12-15H2,1H3. The van der Waals surface area contributed by atoms with Gasteiger partial charge in [-0.05, 0) is 17.5 Å². The van der Waals surface area contributed by atoms with E-state index in [1.165, 1.54) is 16.9 Å². The number of hydrogen-bond acceptors (Lipinski definition) is 4. The number of thiazole rings is 1. The summed E-state index contributed by atoms with van der Waals surface area (Å²) in [6.45, 7) is 2.90. The Morgan fingerprint density at radius 1 is 1.10 bits per heavy atom. The molecule has 30 heavy (non-hydrogen) atoms. The molecule has 0 bridgehead atoms. The number of fused-ring (bicyclic) bond motifs is 1. The summed E-state index contributed by atoms with van der Waals surface area (Å²) in [7, 11) is 0. The Bertz CT molecular complexity index is 1120. The summed E-state index contributed by atoms with van der Waals surface area (Å²) < 4.78 is 2.01. The van der Waals surface area contributed by atoms with Gasteiger partial charge in [-0.1, -0.05) is 61.5 Å². The van der Waals surface area contributed by atoms with E-state index in [4.69, 9.17) is 4.98 Å². The molecule has 0 spiro atoms. The highest BCUT2D eigenvalue weighted by atomic mass is 32.1. The molecule has 154 valence electrons. The molecule has 0 aliphatic rings. The van der Waals surface area contributed by atoms with E-state index in [-0.39, 0.29) is 18.9 Å². The molecule has 1 N–H and O–H groups in total. The lowest BCUT2D eigenvalue weighted by molar-refractivity contribution is -0.131. The first-order valence-corrected chi connectivity index (χ1v) is 11.0. The molecule has 0 fully saturated rings. The van der Waals surface area contributed by atoms with Crippen molar-refractivity contribution >= 4 is 22.2 Å². The Hall–Kier alpha value is -2.96. The van der Waals surface area contributed by atoms with Crippen LogP contribution in [0.3, 0.4) is 0 Å². The first-order valence-electron chi connectivity index (χ1n) is 10.1. The molecule has 0 atom stereocenters. The molecular formula is C24H25N3O2S. The van der Waals surface area contributed by atoms with Gasteiger partial charge in [0.15, 0.2) is 4.96 Å². The molecule has 5 nitrogen and oxygen atoms in total. The Balaban J connectivity index is 1.53. The number of carbonyl (C=O) groups is 1. The van der Waals surface area contributed by atoms with E-state index in [1.807, 2.05) is 46.3 Å². The lowest BCUT2D eigenvalue weighted by Gasteiger charge is -2.21. The first-order chi connectivity index (χ1) is 14.7. The van der Waals surface area contributed by atoms with E-state index < -0.39 is 0 Å². The molecule has 2 heterocycles. The van der Waals surface area contributed by atoms with Crippen molar-refractivity contribution in [2.24, 2.45) is 0 Å². The van der Waals surface area contributed by atoms with Crippen LogP contribution in [-0.2, 0) is 24.2 Å². The van der Waals surface area contributed by atoms with E-state index in [9.17, 15) is 9.90 Å². The average molecular weight is 420 g/mol. The summed E-state index contributed by atoms with van der Waals surface area (Å²) >= 11 is 1.54. The number of rotatable bonds is 8. The third-order valence-corrected chi connectivity index (χ3v) is 6.10. The number of aliphatic hydroxyl groups excluding tert-OH is 1. The number of aryl methyl sites for hydroxylation is 1. The SMILES string of the molecule is CCc1ccc(-c2cn3c(CC(=O)N(CCO)Cc4ccccc4)csc3n2)cc1. The van der Waals surface area contributed by atoms with Gasteiger partial charge in [0.25, 0.3) is 0 Å². The summed E-state index contributed by atoms with van der Waals surface area (Å²) in [5, 5.41) is 11.4. The number of carbonyl (C=O) groups excluding carboxylic acids is 1. The van der Waals surface area contributed by atoms with Gasteiger partial charge in [0.05, 0.1) is 18.7 Å². The zero-order valence-corrected chi connectivity index (χ0v) is 17.8. The second-order valence-electron chi connectivity index (χ2n) is 7.26. The zero-order valence-electron chi connectivity index (χ0n) is 17.0. The number of imidazole rings is 1. The predicted octanol–water partition coefficient (Wildman–Crippen LogP) is 4.19. The Labute approximate surface area is 180 Å². The van der Waals surface area contributed by atoms with Gasteiger partial charge in [0, 0.05) is 35.9 Å². The van der Waals surface area contributed by atoms with E-state index in [2.05, 4.69) is 31.2 Å². The lowest BCUT2D eigenvalue weighted by atomic mass is 10.1. The topological polar surface area (TPSA) is 57.8 Å². The highest BCUT2D eigenvalue weighted by Gasteiger charge is 2.17. The van der Waals surface area contributed by atoms with Gasteiger partial charge in [-0.3, -0.25) is 9.20 Å². The van der Waals surface area contributed by atoms with Crippen LogP contribution in [0.15, 0.2) is 66.2 Å². The van der Waals surface area contributed by atoms with Gasteiger partial charge >= 0.3 is 0 Å². The van der Waals surface area contributed by atoms with Gasteiger partial charge < -0.3 is 10.0 Å². The van der Waals surface area contributed by atoms with Crippen LogP contribution in [0.25, 0.3) is 16.2 Å². The largest absolute Gasteiger partial charge is 0.395 e. The number of aromatic nitrogens is 2. The van der Waals surface area contributed by atoms with Gasteiger partial charge in [0.2, 0.25) is 5.91 Å². The highest BCUT2D eigenvalue weighted by Crippen LogP contribution is 2.24. The zero-order chi connectivity index (χ0) is 20.9. The predicted molar refractivity (Wildman–Crippen MR) is 121 cm³/mol. The second kappa shape index (κ2) is 9.24. The minimum atomic E-state index is -0.0550. The molecule has 6 heteroatoms. The molecule has 0 saturated carbocycles. The minimum absolute atomic E-state index is 0.00449. The maximum atomic E-state index is 13.0. The molecule has 4 aromatic rings. The van der Waals surface area contributed by atoms with E-state index >= 15 is 0 Å². The second-order valence-corrected chi connectivity index (χ2v) is 8.09. The van der Waals surface area contributed by atoms with Crippen molar-refractivity contribution in [2.75, 3.05) is 13.2 Å². The third kappa shape index (κ3) is 4.45. The van der Waals surface area contributed by atoms with Gasteiger partial charge in [-0.15, -0.1) is 11.3 Å². The quantitative estimate of drug-likeness (QED) is 0.466. The monoisotopic (exact) mass is 419 g/mol. The van der Waals surface area contributed by atoms with Gasteiger partial charge in [0.1, 0.15) is 0 Å². The molecule has 0 aliphatic carbocycles. The fourth-order valence-electron chi connectivity index (χ4n) is 3.49. The Kier molecular flexibility index (Phi) is 6.26. The number of nitrogens with zero attached hydrogens (tertiary/aromatic N) is 3. The van der Waals surface area contributed by atoms with Crippen molar-refractivity contribution in [1.29, 1.82) is 0 Å². The highest BCUT2D eigenvalue weighted by molar-refractivity contribution is 7.15. The van der Waals surface area contributed by atoms with E-state index in [0.717, 1.165) is 33.9 Å². The fourth-order valence-corrected chi connectivity index (χ4v) is 4.36. The van der Waals surface area contributed by atoms with Crippen molar-refractivity contribution in [3.63, 3.8) is 0 Å². The maximum Gasteiger partial charge on any atom is 0.228 e. The van der Waals surface area contributed by atoms with Crippen molar-refractivity contribution in [2.45, 2.75) is 26.3 Å². The molecule has 0 unspecified atom stereocenters. The van der Waals surface area contributed by atoms with Crippen LogP contribution in [0.4, 0.5) is 0 Å². The summed E-state index contributed by atoms with van der Waals surface area (Å²) in [5.41, 5.74) is 5.25. The Morgan fingerprint density at radius 2 is 1.87 bits per heavy atom. The molecular weight excluding hydrogens is 394 g/mol. The van der Waals surface area contributed by atoms with Crippen LogP contribution in [0.5, 0.6) is 0 Å². The number of aliphatic hydroxyl groups is 1. The number of benzene rings is 2. The van der Waals surface area contributed by atoms with Gasteiger partial charge in [-0.2, -0.15) is 0 Å². The summed E-state index contributed by atoms with van der Waals surface area (Å²) in [5.74, 6) is -0.00449. The van der Waals surface area contributed by atoms with Crippen molar-refractivity contribution in [3.05, 3.63) is 83.0 Å². The minimum Gasteiger partial charge on any atom is -0.395 e. The van der Waals surface area contributed by atoms with Crippen molar-refractivity contribution < 1.29 is 9.90 Å². The van der Waals surface area contributed by atoms with E-state index in [0.29, 0.717) is 13.1 Å². The van der Waals surface area contributed by atoms with Gasteiger partial charge in [-0.25, -0.2) is 4.98 Å². The number of hydrogen-bond donors (Lipinski definition) is 1. The molecule has 1 amide bonds. The summed E-state index contributed by atoms with van der Waals surface area (Å²) in [4.78, 5) is 20.3. The molecule has 0 aliphatic heterocycles. The summed E-state index contributed by atoms with van der Waals surface area (Å²) in [6.07, 6.45) is 3.29. The van der Waals surface area contributed by atoms with Crippen LogP contribution in [-0.4, -0.2) is 38.4 Å². The summed E-state index contributed by atoms with van der Waals surface area (Å²) in [6, 6.07) is 18.3. The molecule has 0 saturated heterocycles. The maximum absolute atomic E-state index is 13.0. The van der Waals surface area contributed by atoms with E-state index in [1.54, 1.807) is 4.90 Å². The average Bonchev–Trinajstić information content (AvgIpc) is 3.36. The molecule has 4 rings (SSSR count).